The van der Waals surface area contributed by atoms with Crippen LogP contribution in [0.5, 0.6) is 0 Å². The minimum atomic E-state index is -0.427. The van der Waals surface area contributed by atoms with Gasteiger partial charge in [-0.2, -0.15) is 0 Å². The molecule has 0 aliphatic heterocycles. The zero-order valence-electron chi connectivity index (χ0n) is 10.6. The molecule has 0 aliphatic carbocycles. The lowest BCUT2D eigenvalue weighted by Gasteiger charge is -2.11. The van der Waals surface area contributed by atoms with Crippen molar-refractivity contribution in [2.45, 2.75) is 6.54 Å². The molecule has 2 rings (SSSR count). The van der Waals surface area contributed by atoms with E-state index in [0.717, 1.165) is 0 Å². The molecular weight excluding hydrogens is 381 g/mol. The standard InChI is InChI=1S/C13H10BrCl2N3O2/c14-8-2-1-3-19(13(8)21)6-11(20)18-12-9(15)4-7(17)5-10(12)16/h1-5H,6,17H2,(H,18,20). The molecule has 0 unspecified atom stereocenters. The number of anilines is 2. The summed E-state index contributed by atoms with van der Waals surface area (Å²) in [5, 5.41) is 3.03. The molecule has 110 valence electrons. The minimum Gasteiger partial charge on any atom is -0.399 e. The van der Waals surface area contributed by atoms with Gasteiger partial charge in [0.25, 0.3) is 5.56 Å². The van der Waals surface area contributed by atoms with Gasteiger partial charge < -0.3 is 15.6 Å². The van der Waals surface area contributed by atoms with E-state index in [4.69, 9.17) is 28.9 Å². The predicted molar refractivity (Wildman–Crippen MR) is 87.9 cm³/mol. The van der Waals surface area contributed by atoms with Crippen LogP contribution in [0.2, 0.25) is 10.0 Å². The van der Waals surface area contributed by atoms with Crippen LogP contribution in [0, 0.1) is 0 Å². The van der Waals surface area contributed by atoms with Gasteiger partial charge in [0, 0.05) is 11.9 Å². The number of nitrogen functional groups attached to an aromatic ring is 1. The van der Waals surface area contributed by atoms with Crippen molar-refractivity contribution in [3.8, 4) is 0 Å². The van der Waals surface area contributed by atoms with Crippen LogP contribution in [-0.2, 0) is 11.3 Å². The molecule has 1 aromatic carbocycles. The van der Waals surface area contributed by atoms with Gasteiger partial charge in [-0.3, -0.25) is 9.59 Å². The number of hydrogen-bond acceptors (Lipinski definition) is 3. The number of nitrogens with zero attached hydrogens (tertiary/aromatic N) is 1. The Hall–Kier alpha value is -1.50. The first kappa shape index (κ1) is 15.9. The summed E-state index contributed by atoms with van der Waals surface area (Å²) in [7, 11) is 0. The predicted octanol–water partition coefficient (Wildman–Crippen LogP) is 3.14. The maximum Gasteiger partial charge on any atom is 0.265 e. The summed E-state index contributed by atoms with van der Waals surface area (Å²) in [6.07, 6.45) is 1.51. The van der Waals surface area contributed by atoms with E-state index in [2.05, 4.69) is 21.2 Å². The van der Waals surface area contributed by atoms with E-state index in [1.807, 2.05) is 0 Å². The zero-order chi connectivity index (χ0) is 15.6. The van der Waals surface area contributed by atoms with Crippen LogP contribution in [-0.4, -0.2) is 10.5 Å². The second-order valence-corrected chi connectivity index (χ2v) is 5.87. The van der Waals surface area contributed by atoms with Crippen molar-refractivity contribution in [1.82, 2.24) is 4.57 Å². The molecule has 21 heavy (non-hydrogen) atoms. The SMILES string of the molecule is Nc1cc(Cl)c(NC(=O)Cn2cccc(Br)c2=O)c(Cl)c1. The lowest BCUT2D eigenvalue weighted by molar-refractivity contribution is -0.116. The maximum atomic E-state index is 12.0. The molecule has 1 amide bonds. The number of halogens is 3. The Morgan fingerprint density at radius 3 is 2.57 bits per heavy atom. The molecule has 0 bridgehead atoms. The lowest BCUT2D eigenvalue weighted by Crippen LogP contribution is -2.27. The third kappa shape index (κ3) is 3.78. The van der Waals surface area contributed by atoms with Gasteiger partial charge in [-0.15, -0.1) is 0 Å². The first-order valence-electron chi connectivity index (χ1n) is 5.78. The molecule has 8 heteroatoms. The highest BCUT2D eigenvalue weighted by Crippen LogP contribution is 2.32. The highest BCUT2D eigenvalue weighted by Gasteiger charge is 2.12. The average molecular weight is 391 g/mol. The van der Waals surface area contributed by atoms with E-state index in [1.54, 1.807) is 12.1 Å². The molecule has 1 heterocycles. The quantitative estimate of drug-likeness (QED) is 0.790. The summed E-state index contributed by atoms with van der Waals surface area (Å²) < 4.78 is 1.64. The van der Waals surface area contributed by atoms with E-state index in [1.165, 1.54) is 22.9 Å². The highest BCUT2D eigenvalue weighted by molar-refractivity contribution is 9.10. The summed E-state index contributed by atoms with van der Waals surface area (Å²) in [5.74, 6) is -0.427. The van der Waals surface area contributed by atoms with Crippen LogP contribution in [0.15, 0.2) is 39.7 Å². The molecule has 5 nitrogen and oxygen atoms in total. The molecule has 0 radical (unpaired) electrons. The molecular formula is C13H10BrCl2N3O2. The number of pyridine rings is 1. The van der Waals surface area contributed by atoms with Gasteiger partial charge in [0.05, 0.1) is 20.2 Å². The van der Waals surface area contributed by atoms with Crippen molar-refractivity contribution < 1.29 is 4.79 Å². The molecule has 0 fully saturated rings. The Morgan fingerprint density at radius 2 is 1.95 bits per heavy atom. The molecule has 1 aromatic heterocycles. The largest absolute Gasteiger partial charge is 0.399 e. The number of carbonyl (C=O) groups is 1. The second kappa shape index (κ2) is 6.51. The number of aromatic nitrogens is 1. The van der Waals surface area contributed by atoms with Crippen molar-refractivity contribution in [3.63, 3.8) is 0 Å². The Kier molecular flexibility index (Phi) is 4.92. The topological polar surface area (TPSA) is 77.1 Å². The van der Waals surface area contributed by atoms with Crippen LogP contribution < -0.4 is 16.6 Å². The Bertz CT molecular complexity index is 738. The first-order valence-corrected chi connectivity index (χ1v) is 7.32. The number of nitrogens with one attached hydrogen (secondary N) is 1. The number of carbonyl (C=O) groups excluding carboxylic acids is 1. The first-order chi connectivity index (χ1) is 9.88. The maximum absolute atomic E-state index is 12.0. The smallest absolute Gasteiger partial charge is 0.265 e. The Labute approximate surface area is 138 Å². The zero-order valence-corrected chi connectivity index (χ0v) is 13.7. The molecule has 2 aromatic rings. The summed E-state index contributed by atoms with van der Waals surface area (Å²) in [5.41, 5.74) is 5.94. The van der Waals surface area contributed by atoms with Gasteiger partial charge in [0.1, 0.15) is 6.54 Å². The molecule has 0 spiro atoms. The van der Waals surface area contributed by atoms with Gasteiger partial charge in [0.15, 0.2) is 0 Å². The van der Waals surface area contributed by atoms with E-state index in [0.29, 0.717) is 10.2 Å². The molecule has 0 aliphatic rings. The van der Waals surface area contributed by atoms with Gasteiger partial charge in [-0.05, 0) is 40.2 Å². The van der Waals surface area contributed by atoms with E-state index in [9.17, 15) is 9.59 Å². The summed E-state index contributed by atoms with van der Waals surface area (Å²) >= 11 is 15.1. The minimum absolute atomic E-state index is 0.157. The van der Waals surface area contributed by atoms with Crippen LogP contribution in [0.1, 0.15) is 0 Å². The highest BCUT2D eigenvalue weighted by atomic mass is 79.9. The van der Waals surface area contributed by atoms with Crippen LogP contribution in [0.3, 0.4) is 0 Å². The Morgan fingerprint density at radius 1 is 1.33 bits per heavy atom. The van der Waals surface area contributed by atoms with Crippen LogP contribution in [0.25, 0.3) is 0 Å². The van der Waals surface area contributed by atoms with Gasteiger partial charge in [-0.1, -0.05) is 23.2 Å². The molecule has 0 saturated carbocycles. The number of rotatable bonds is 3. The fraction of sp³-hybridized carbons (Fsp3) is 0.0769. The van der Waals surface area contributed by atoms with Crippen molar-refractivity contribution in [2.24, 2.45) is 0 Å². The second-order valence-electron chi connectivity index (χ2n) is 4.20. The Balaban J connectivity index is 2.20. The number of benzene rings is 1. The number of nitrogens with two attached hydrogens (primary N) is 1. The third-order valence-electron chi connectivity index (χ3n) is 2.62. The summed E-state index contributed by atoms with van der Waals surface area (Å²) in [4.78, 5) is 23.8. The van der Waals surface area contributed by atoms with Crippen LogP contribution >= 0.6 is 39.1 Å². The van der Waals surface area contributed by atoms with Gasteiger partial charge >= 0.3 is 0 Å². The third-order valence-corrected chi connectivity index (χ3v) is 3.82. The van der Waals surface area contributed by atoms with Gasteiger partial charge in [-0.25, -0.2) is 0 Å². The lowest BCUT2D eigenvalue weighted by atomic mass is 10.2. The van der Waals surface area contributed by atoms with Crippen LogP contribution in [0.4, 0.5) is 11.4 Å². The summed E-state index contributed by atoms with van der Waals surface area (Å²) in [6.45, 7) is -0.157. The van der Waals surface area contributed by atoms with E-state index in [-0.39, 0.29) is 27.8 Å². The molecule has 0 atom stereocenters. The average Bonchev–Trinajstić information content (AvgIpc) is 2.39. The van der Waals surface area contributed by atoms with Gasteiger partial charge in [0.2, 0.25) is 5.91 Å². The van der Waals surface area contributed by atoms with Crippen molar-refractivity contribution >= 4 is 56.4 Å². The number of amides is 1. The molecule has 0 saturated heterocycles. The fourth-order valence-corrected chi connectivity index (χ4v) is 2.66. The molecule has 3 N–H and O–H groups in total. The van der Waals surface area contributed by atoms with E-state index < -0.39 is 5.91 Å². The van der Waals surface area contributed by atoms with E-state index >= 15 is 0 Å². The monoisotopic (exact) mass is 389 g/mol. The summed E-state index contributed by atoms with van der Waals surface area (Å²) in [6, 6.07) is 6.22. The van der Waals surface area contributed by atoms with Crippen molar-refractivity contribution in [3.05, 3.63) is 55.3 Å². The van der Waals surface area contributed by atoms with Crippen molar-refractivity contribution in [1.29, 1.82) is 0 Å². The van der Waals surface area contributed by atoms with Crippen molar-refractivity contribution in [2.75, 3.05) is 11.1 Å². The normalized spacial score (nSPS) is 10.4. The fourth-order valence-electron chi connectivity index (χ4n) is 1.68. The number of hydrogen-bond donors (Lipinski definition) is 2.